The van der Waals surface area contributed by atoms with E-state index in [2.05, 4.69) is 43.3 Å². The quantitative estimate of drug-likeness (QED) is 0.821. The number of hydrogen-bond donors (Lipinski definition) is 2. The first-order chi connectivity index (χ1) is 9.10. The topological polar surface area (TPSA) is 52.0 Å². The third kappa shape index (κ3) is 3.36. The van der Waals surface area contributed by atoms with Gasteiger partial charge in [-0.2, -0.15) is 0 Å². The van der Waals surface area contributed by atoms with Crippen LogP contribution >= 0.6 is 0 Å². The first-order valence-corrected chi connectivity index (χ1v) is 6.82. The Bertz CT molecular complexity index is 559. The van der Waals surface area contributed by atoms with Gasteiger partial charge in [-0.25, -0.2) is 0 Å². The molecule has 2 nitrogen and oxygen atoms in total. The number of nitrogens with two attached hydrogens (primary N) is 2. The molecule has 1 atom stereocenters. The van der Waals surface area contributed by atoms with E-state index in [9.17, 15) is 0 Å². The lowest BCUT2D eigenvalue weighted by Crippen LogP contribution is -2.05. The Balaban J connectivity index is 2.23. The Morgan fingerprint density at radius 1 is 1.05 bits per heavy atom. The summed E-state index contributed by atoms with van der Waals surface area (Å²) in [5.41, 5.74) is 17.7. The molecular formula is C17H22N2. The minimum atomic E-state index is 0.0811. The maximum Gasteiger partial charge on any atom is 0.0346 e. The van der Waals surface area contributed by atoms with Crippen molar-refractivity contribution in [1.82, 2.24) is 0 Å². The van der Waals surface area contributed by atoms with Crippen molar-refractivity contribution in [1.29, 1.82) is 0 Å². The number of nitrogen functional groups attached to an aromatic ring is 1. The second-order valence-electron chi connectivity index (χ2n) is 5.10. The second kappa shape index (κ2) is 5.89. The Labute approximate surface area is 115 Å². The van der Waals surface area contributed by atoms with Gasteiger partial charge in [-0.1, -0.05) is 43.3 Å². The van der Waals surface area contributed by atoms with E-state index < -0.39 is 0 Å². The highest BCUT2D eigenvalue weighted by Crippen LogP contribution is 2.19. The Hall–Kier alpha value is -1.80. The number of aryl methyl sites for hydroxylation is 1. The maximum absolute atomic E-state index is 5.94. The van der Waals surface area contributed by atoms with E-state index in [1.54, 1.807) is 0 Å². The lowest BCUT2D eigenvalue weighted by Gasteiger charge is -2.10. The number of anilines is 1. The van der Waals surface area contributed by atoms with Crippen LogP contribution in [0, 0.1) is 0 Å². The van der Waals surface area contributed by atoms with Gasteiger partial charge in [-0.3, -0.25) is 0 Å². The maximum atomic E-state index is 5.94. The fourth-order valence-corrected chi connectivity index (χ4v) is 2.30. The normalized spacial score (nSPS) is 12.4. The molecule has 0 bridgehead atoms. The summed E-state index contributed by atoms with van der Waals surface area (Å²) in [6.07, 6.45) is 1.90. The molecule has 0 amide bonds. The molecule has 0 aromatic heterocycles. The van der Waals surface area contributed by atoms with Gasteiger partial charge in [0.2, 0.25) is 0 Å². The van der Waals surface area contributed by atoms with Crippen molar-refractivity contribution >= 4 is 5.69 Å². The van der Waals surface area contributed by atoms with Gasteiger partial charge in [0.1, 0.15) is 0 Å². The van der Waals surface area contributed by atoms with Crippen LogP contribution in [0.5, 0.6) is 0 Å². The average molecular weight is 254 g/mol. The molecule has 19 heavy (non-hydrogen) atoms. The second-order valence-corrected chi connectivity index (χ2v) is 5.10. The summed E-state index contributed by atoms with van der Waals surface area (Å²) in [5, 5.41) is 0. The predicted molar refractivity (Wildman–Crippen MR) is 82.1 cm³/mol. The van der Waals surface area contributed by atoms with Crippen LogP contribution in [0.15, 0.2) is 42.5 Å². The van der Waals surface area contributed by atoms with Crippen LogP contribution in [-0.4, -0.2) is 0 Å². The molecule has 2 aromatic rings. The molecule has 0 saturated carbocycles. The van der Waals surface area contributed by atoms with Gasteiger partial charge < -0.3 is 11.5 Å². The molecule has 2 heteroatoms. The van der Waals surface area contributed by atoms with Gasteiger partial charge in [-0.05, 0) is 48.1 Å². The van der Waals surface area contributed by atoms with Crippen molar-refractivity contribution < 1.29 is 0 Å². The van der Waals surface area contributed by atoms with Gasteiger partial charge in [0, 0.05) is 11.7 Å². The van der Waals surface area contributed by atoms with Crippen LogP contribution in [0.2, 0.25) is 0 Å². The van der Waals surface area contributed by atoms with E-state index in [-0.39, 0.29) is 6.04 Å². The number of hydrogen-bond acceptors (Lipinski definition) is 2. The molecular weight excluding hydrogens is 232 g/mol. The monoisotopic (exact) mass is 254 g/mol. The summed E-state index contributed by atoms with van der Waals surface area (Å²) >= 11 is 0. The van der Waals surface area contributed by atoms with Gasteiger partial charge in [0.15, 0.2) is 0 Å². The average Bonchev–Trinajstić information content (AvgIpc) is 2.41. The van der Waals surface area contributed by atoms with E-state index in [1.807, 2.05) is 13.0 Å². The van der Waals surface area contributed by atoms with Crippen molar-refractivity contribution in [3.05, 3.63) is 64.7 Å². The molecule has 2 aromatic carbocycles. The van der Waals surface area contributed by atoms with Crippen LogP contribution in [-0.2, 0) is 12.8 Å². The van der Waals surface area contributed by atoms with Gasteiger partial charge in [0.25, 0.3) is 0 Å². The van der Waals surface area contributed by atoms with Crippen LogP contribution < -0.4 is 11.5 Å². The van der Waals surface area contributed by atoms with E-state index in [0.29, 0.717) is 0 Å². The van der Waals surface area contributed by atoms with Crippen molar-refractivity contribution in [3.63, 3.8) is 0 Å². The van der Waals surface area contributed by atoms with Crippen molar-refractivity contribution in [2.45, 2.75) is 32.7 Å². The number of benzene rings is 2. The van der Waals surface area contributed by atoms with Crippen molar-refractivity contribution in [2.24, 2.45) is 5.73 Å². The lowest BCUT2D eigenvalue weighted by atomic mass is 9.98. The summed E-state index contributed by atoms with van der Waals surface area (Å²) in [6.45, 7) is 4.14. The molecule has 0 aliphatic carbocycles. The minimum absolute atomic E-state index is 0.0811. The van der Waals surface area contributed by atoms with Gasteiger partial charge >= 0.3 is 0 Å². The van der Waals surface area contributed by atoms with E-state index in [0.717, 1.165) is 18.5 Å². The smallest absolute Gasteiger partial charge is 0.0346 e. The Morgan fingerprint density at radius 2 is 1.79 bits per heavy atom. The van der Waals surface area contributed by atoms with Gasteiger partial charge in [0.05, 0.1) is 0 Å². The Morgan fingerprint density at radius 3 is 2.47 bits per heavy atom. The molecule has 1 unspecified atom stereocenters. The van der Waals surface area contributed by atoms with Gasteiger partial charge in [-0.15, -0.1) is 0 Å². The zero-order valence-electron chi connectivity index (χ0n) is 11.7. The van der Waals surface area contributed by atoms with Crippen LogP contribution in [0.1, 0.15) is 42.1 Å². The summed E-state index contributed by atoms with van der Waals surface area (Å²) < 4.78 is 0. The fourth-order valence-electron chi connectivity index (χ4n) is 2.30. The largest absolute Gasteiger partial charge is 0.399 e. The predicted octanol–water partition coefficient (Wildman–Crippen LogP) is 3.44. The molecule has 2 rings (SSSR count). The summed E-state index contributed by atoms with van der Waals surface area (Å²) in [6, 6.07) is 14.9. The molecule has 0 radical (unpaired) electrons. The first kappa shape index (κ1) is 13.6. The molecule has 0 aliphatic rings. The van der Waals surface area contributed by atoms with E-state index in [1.165, 1.54) is 22.3 Å². The number of rotatable bonds is 4. The Kier molecular flexibility index (Phi) is 4.23. The zero-order chi connectivity index (χ0) is 13.8. The van der Waals surface area contributed by atoms with E-state index in [4.69, 9.17) is 11.5 Å². The molecule has 0 aliphatic heterocycles. The van der Waals surface area contributed by atoms with Crippen molar-refractivity contribution in [3.8, 4) is 0 Å². The van der Waals surface area contributed by atoms with E-state index >= 15 is 0 Å². The summed E-state index contributed by atoms with van der Waals surface area (Å²) in [7, 11) is 0. The molecule has 0 spiro atoms. The molecule has 0 fully saturated rings. The zero-order valence-corrected chi connectivity index (χ0v) is 11.7. The minimum Gasteiger partial charge on any atom is -0.399 e. The SMILES string of the molecule is CCc1cc(Cc2cccc(C(C)N)c2)ccc1N. The molecule has 0 heterocycles. The standard InChI is InChI=1S/C17H22N2/c1-3-15-10-14(7-8-17(15)19)9-13-5-4-6-16(11-13)12(2)18/h4-8,10-12H,3,9,18-19H2,1-2H3. The van der Waals surface area contributed by atoms with Crippen LogP contribution in [0.4, 0.5) is 5.69 Å². The highest BCUT2D eigenvalue weighted by molar-refractivity contribution is 5.49. The highest BCUT2D eigenvalue weighted by Gasteiger charge is 2.03. The lowest BCUT2D eigenvalue weighted by molar-refractivity contribution is 0.816. The highest BCUT2D eigenvalue weighted by atomic mass is 14.6. The third-order valence-electron chi connectivity index (χ3n) is 3.47. The summed E-state index contributed by atoms with van der Waals surface area (Å²) in [5.74, 6) is 0. The summed E-state index contributed by atoms with van der Waals surface area (Å²) in [4.78, 5) is 0. The molecule has 4 N–H and O–H groups in total. The first-order valence-electron chi connectivity index (χ1n) is 6.82. The van der Waals surface area contributed by atoms with Crippen LogP contribution in [0.3, 0.4) is 0 Å². The fraction of sp³-hybridized carbons (Fsp3) is 0.294. The van der Waals surface area contributed by atoms with Crippen molar-refractivity contribution in [2.75, 3.05) is 5.73 Å². The third-order valence-corrected chi connectivity index (χ3v) is 3.47. The van der Waals surface area contributed by atoms with Crippen LogP contribution in [0.25, 0.3) is 0 Å². The molecule has 0 saturated heterocycles. The molecule has 100 valence electrons.